The summed E-state index contributed by atoms with van der Waals surface area (Å²) >= 11 is 0. The van der Waals surface area contributed by atoms with Crippen molar-refractivity contribution in [1.82, 2.24) is 10.2 Å². The molecule has 1 aliphatic rings. The SMILES string of the molecule is CC(CN1CCNC(C)C1C)c1ccccc1.Cl. The van der Waals surface area contributed by atoms with Crippen molar-refractivity contribution >= 4 is 12.4 Å². The summed E-state index contributed by atoms with van der Waals surface area (Å²) in [5.41, 5.74) is 1.45. The predicted octanol–water partition coefficient (Wildman–Crippen LogP) is 2.89. The van der Waals surface area contributed by atoms with Gasteiger partial charge in [-0.05, 0) is 25.3 Å². The van der Waals surface area contributed by atoms with Gasteiger partial charge in [0, 0.05) is 31.7 Å². The van der Waals surface area contributed by atoms with Crippen LogP contribution in [-0.4, -0.2) is 36.6 Å². The molecule has 3 atom stereocenters. The Morgan fingerprint density at radius 1 is 1.28 bits per heavy atom. The molecule has 18 heavy (non-hydrogen) atoms. The number of nitrogens with zero attached hydrogens (tertiary/aromatic N) is 1. The van der Waals surface area contributed by atoms with Crippen molar-refractivity contribution in [2.75, 3.05) is 19.6 Å². The van der Waals surface area contributed by atoms with Crippen LogP contribution in [0.5, 0.6) is 0 Å². The van der Waals surface area contributed by atoms with Gasteiger partial charge in [0.1, 0.15) is 0 Å². The molecule has 2 rings (SSSR count). The fourth-order valence-electron chi connectivity index (χ4n) is 2.62. The number of hydrogen-bond donors (Lipinski definition) is 1. The first kappa shape index (κ1) is 15.5. The van der Waals surface area contributed by atoms with Crippen LogP contribution >= 0.6 is 12.4 Å². The largest absolute Gasteiger partial charge is 0.311 e. The van der Waals surface area contributed by atoms with E-state index in [2.05, 4.69) is 61.3 Å². The van der Waals surface area contributed by atoms with Gasteiger partial charge < -0.3 is 5.32 Å². The molecule has 0 amide bonds. The molecule has 2 nitrogen and oxygen atoms in total. The summed E-state index contributed by atoms with van der Waals surface area (Å²) in [6.07, 6.45) is 0. The van der Waals surface area contributed by atoms with E-state index in [1.807, 2.05) is 0 Å². The summed E-state index contributed by atoms with van der Waals surface area (Å²) in [5, 5.41) is 3.53. The molecule has 3 heteroatoms. The topological polar surface area (TPSA) is 15.3 Å². The van der Waals surface area contributed by atoms with Gasteiger partial charge in [0.05, 0.1) is 0 Å². The second-order valence-corrected chi connectivity index (χ2v) is 5.29. The fourth-order valence-corrected chi connectivity index (χ4v) is 2.62. The summed E-state index contributed by atoms with van der Waals surface area (Å²) in [6, 6.07) is 12.1. The Bertz CT molecular complexity index is 342. The first-order valence-electron chi connectivity index (χ1n) is 6.71. The lowest BCUT2D eigenvalue weighted by molar-refractivity contribution is 0.132. The fraction of sp³-hybridized carbons (Fsp3) is 0.600. The minimum atomic E-state index is 0. The monoisotopic (exact) mass is 268 g/mol. The zero-order valence-corrected chi connectivity index (χ0v) is 12.4. The van der Waals surface area contributed by atoms with E-state index in [1.54, 1.807) is 0 Å². The number of piperazine rings is 1. The average Bonchev–Trinajstić information content (AvgIpc) is 2.36. The summed E-state index contributed by atoms with van der Waals surface area (Å²) in [5.74, 6) is 0.615. The molecule has 0 spiro atoms. The Kier molecular flexibility index (Phi) is 6.13. The quantitative estimate of drug-likeness (QED) is 0.907. The van der Waals surface area contributed by atoms with Gasteiger partial charge >= 0.3 is 0 Å². The summed E-state index contributed by atoms with van der Waals surface area (Å²) < 4.78 is 0. The zero-order chi connectivity index (χ0) is 12.3. The minimum Gasteiger partial charge on any atom is -0.311 e. The molecular weight excluding hydrogens is 244 g/mol. The molecule has 0 aliphatic carbocycles. The molecule has 0 bridgehead atoms. The lowest BCUT2D eigenvalue weighted by atomic mass is 9.98. The van der Waals surface area contributed by atoms with Gasteiger partial charge in [-0.2, -0.15) is 0 Å². The minimum absolute atomic E-state index is 0. The molecule has 1 aromatic carbocycles. The number of halogens is 1. The van der Waals surface area contributed by atoms with Crippen LogP contribution in [0.15, 0.2) is 30.3 Å². The molecule has 3 unspecified atom stereocenters. The van der Waals surface area contributed by atoms with Crippen LogP contribution in [0.4, 0.5) is 0 Å². The van der Waals surface area contributed by atoms with Crippen LogP contribution in [0.25, 0.3) is 0 Å². The molecule has 0 radical (unpaired) electrons. The average molecular weight is 269 g/mol. The van der Waals surface area contributed by atoms with Crippen LogP contribution in [0, 0.1) is 0 Å². The Hall–Kier alpha value is -0.570. The van der Waals surface area contributed by atoms with Crippen molar-refractivity contribution in [1.29, 1.82) is 0 Å². The van der Waals surface area contributed by atoms with Gasteiger partial charge in [-0.1, -0.05) is 37.3 Å². The lowest BCUT2D eigenvalue weighted by Crippen LogP contribution is -2.55. The van der Waals surface area contributed by atoms with Gasteiger partial charge in [-0.25, -0.2) is 0 Å². The molecule has 0 aromatic heterocycles. The third-order valence-electron chi connectivity index (χ3n) is 4.04. The van der Waals surface area contributed by atoms with Gasteiger partial charge in [0.2, 0.25) is 0 Å². The molecule has 1 N–H and O–H groups in total. The molecule has 1 aliphatic heterocycles. The standard InChI is InChI=1S/C15H24N2.ClH/c1-12(15-7-5-4-6-8-15)11-17-10-9-16-13(2)14(17)3;/h4-8,12-14,16H,9-11H2,1-3H3;1H. The van der Waals surface area contributed by atoms with Crippen molar-refractivity contribution in [3.63, 3.8) is 0 Å². The first-order chi connectivity index (χ1) is 8.18. The molecule has 1 aromatic rings. The number of benzene rings is 1. The van der Waals surface area contributed by atoms with E-state index >= 15 is 0 Å². The maximum absolute atomic E-state index is 3.53. The van der Waals surface area contributed by atoms with Crippen molar-refractivity contribution in [3.05, 3.63) is 35.9 Å². The Labute approximate surface area is 117 Å². The van der Waals surface area contributed by atoms with Gasteiger partial charge in [-0.3, -0.25) is 4.90 Å². The number of rotatable bonds is 3. The highest BCUT2D eigenvalue weighted by Gasteiger charge is 2.25. The van der Waals surface area contributed by atoms with E-state index in [4.69, 9.17) is 0 Å². The molecule has 0 saturated carbocycles. The maximum atomic E-state index is 3.53. The van der Waals surface area contributed by atoms with E-state index in [0.29, 0.717) is 18.0 Å². The third-order valence-corrected chi connectivity index (χ3v) is 4.04. The Balaban J connectivity index is 0.00000162. The van der Waals surface area contributed by atoms with Crippen LogP contribution < -0.4 is 5.32 Å². The van der Waals surface area contributed by atoms with E-state index in [-0.39, 0.29) is 12.4 Å². The third kappa shape index (κ3) is 3.71. The normalized spacial score (nSPS) is 26.4. The molecule has 1 fully saturated rings. The van der Waals surface area contributed by atoms with Gasteiger partial charge in [-0.15, -0.1) is 12.4 Å². The van der Waals surface area contributed by atoms with Crippen molar-refractivity contribution in [3.8, 4) is 0 Å². The molecular formula is C15H25ClN2. The van der Waals surface area contributed by atoms with Crippen molar-refractivity contribution < 1.29 is 0 Å². The maximum Gasteiger partial charge on any atom is 0.0219 e. The smallest absolute Gasteiger partial charge is 0.0219 e. The van der Waals surface area contributed by atoms with E-state index in [0.717, 1.165) is 13.1 Å². The van der Waals surface area contributed by atoms with E-state index in [9.17, 15) is 0 Å². The van der Waals surface area contributed by atoms with E-state index in [1.165, 1.54) is 12.1 Å². The van der Waals surface area contributed by atoms with E-state index < -0.39 is 0 Å². The summed E-state index contributed by atoms with van der Waals surface area (Å²) in [4.78, 5) is 2.61. The first-order valence-corrected chi connectivity index (χ1v) is 6.71. The van der Waals surface area contributed by atoms with Crippen molar-refractivity contribution in [2.45, 2.75) is 38.8 Å². The highest BCUT2D eigenvalue weighted by molar-refractivity contribution is 5.85. The highest BCUT2D eigenvalue weighted by Crippen LogP contribution is 2.19. The number of hydrogen-bond acceptors (Lipinski definition) is 2. The zero-order valence-electron chi connectivity index (χ0n) is 11.6. The van der Waals surface area contributed by atoms with Gasteiger partial charge in [0.15, 0.2) is 0 Å². The molecule has 102 valence electrons. The van der Waals surface area contributed by atoms with Crippen LogP contribution in [0.2, 0.25) is 0 Å². The molecule has 1 saturated heterocycles. The Morgan fingerprint density at radius 2 is 1.94 bits per heavy atom. The van der Waals surface area contributed by atoms with Crippen molar-refractivity contribution in [2.24, 2.45) is 0 Å². The second kappa shape index (κ2) is 7.13. The summed E-state index contributed by atoms with van der Waals surface area (Å²) in [6.45, 7) is 10.4. The Morgan fingerprint density at radius 3 is 2.61 bits per heavy atom. The highest BCUT2D eigenvalue weighted by atomic mass is 35.5. The molecule has 1 heterocycles. The van der Waals surface area contributed by atoms with Crippen LogP contribution in [0.1, 0.15) is 32.3 Å². The van der Waals surface area contributed by atoms with Gasteiger partial charge in [0.25, 0.3) is 0 Å². The predicted molar refractivity (Wildman–Crippen MR) is 80.6 cm³/mol. The summed E-state index contributed by atoms with van der Waals surface area (Å²) in [7, 11) is 0. The number of nitrogens with one attached hydrogen (secondary N) is 1. The van der Waals surface area contributed by atoms with Crippen LogP contribution in [0.3, 0.4) is 0 Å². The van der Waals surface area contributed by atoms with Crippen LogP contribution in [-0.2, 0) is 0 Å². The second-order valence-electron chi connectivity index (χ2n) is 5.29. The lowest BCUT2D eigenvalue weighted by Gasteiger charge is -2.40.